The van der Waals surface area contributed by atoms with Gasteiger partial charge in [-0.3, -0.25) is 0 Å². The van der Waals surface area contributed by atoms with Gasteiger partial charge in [0.05, 0.1) is 20.3 Å². The van der Waals surface area contributed by atoms with Crippen molar-refractivity contribution in [1.82, 2.24) is 10.2 Å². The maximum atomic E-state index is 5.84. The van der Waals surface area contributed by atoms with Gasteiger partial charge in [0, 0.05) is 32.1 Å². The van der Waals surface area contributed by atoms with Crippen LogP contribution >= 0.6 is 0 Å². The Hall–Kier alpha value is -1.56. The van der Waals surface area contributed by atoms with Crippen LogP contribution < -0.4 is 10.1 Å². The molecule has 21 heavy (non-hydrogen) atoms. The van der Waals surface area contributed by atoms with Gasteiger partial charge in [-0.1, -0.05) is 12.1 Å². The minimum absolute atomic E-state index is 0.718. The quantitative estimate of drug-likeness (QED) is 0.717. The van der Waals surface area contributed by atoms with Crippen LogP contribution in [-0.2, 0) is 11.3 Å². The third kappa shape index (κ3) is 4.46. The van der Waals surface area contributed by atoms with Crippen molar-refractivity contribution >= 4 is 11.0 Å². The number of hydrogen-bond acceptors (Lipinski definition) is 5. The van der Waals surface area contributed by atoms with E-state index >= 15 is 0 Å². The number of furan rings is 1. The molecule has 0 saturated carbocycles. The Balaban J connectivity index is 1.81. The maximum Gasteiger partial charge on any atom is 0.176 e. The van der Waals surface area contributed by atoms with Gasteiger partial charge in [-0.05, 0) is 19.2 Å². The van der Waals surface area contributed by atoms with Gasteiger partial charge in [-0.15, -0.1) is 0 Å². The molecule has 2 aromatic rings. The van der Waals surface area contributed by atoms with Crippen molar-refractivity contribution in [3.05, 3.63) is 30.0 Å². The fraction of sp³-hybridized carbons (Fsp3) is 0.500. The van der Waals surface area contributed by atoms with Crippen molar-refractivity contribution < 1.29 is 13.9 Å². The van der Waals surface area contributed by atoms with Gasteiger partial charge in [0.25, 0.3) is 0 Å². The number of likely N-dealkylation sites (N-methyl/N-ethyl adjacent to an activating group) is 1. The van der Waals surface area contributed by atoms with Gasteiger partial charge in [0.15, 0.2) is 11.3 Å². The molecule has 1 aromatic carbocycles. The largest absolute Gasteiger partial charge is 0.493 e. The van der Waals surface area contributed by atoms with E-state index in [1.54, 1.807) is 14.2 Å². The minimum atomic E-state index is 0.718. The molecule has 5 heteroatoms. The molecule has 2 rings (SSSR count). The second kappa shape index (κ2) is 8.02. The van der Waals surface area contributed by atoms with Crippen molar-refractivity contribution in [2.24, 2.45) is 0 Å². The van der Waals surface area contributed by atoms with Crippen LogP contribution in [0.4, 0.5) is 0 Å². The number of ether oxygens (including phenoxy) is 2. The molecule has 0 saturated heterocycles. The van der Waals surface area contributed by atoms with E-state index in [0.717, 1.165) is 55.3 Å². The number of fused-ring (bicyclic) bond motifs is 1. The molecule has 0 bridgehead atoms. The van der Waals surface area contributed by atoms with E-state index in [4.69, 9.17) is 13.9 Å². The molecule has 0 aliphatic rings. The van der Waals surface area contributed by atoms with Crippen molar-refractivity contribution in [2.45, 2.75) is 6.54 Å². The number of methoxy groups -OCH3 is 2. The Kier molecular flexibility index (Phi) is 6.04. The predicted octanol–water partition coefficient (Wildman–Crippen LogP) is 2.11. The molecule has 1 N–H and O–H groups in total. The second-order valence-electron chi connectivity index (χ2n) is 5.06. The van der Waals surface area contributed by atoms with Gasteiger partial charge in [-0.25, -0.2) is 0 Å². The summed E-state index contributed by atoms with van der Waals surface area (Å²) in [5, 5.41) is 4.46. The molecule has 0 aliphatic heterocycles. The van der Waals surface area contributed by atoms with Crippen molar-refractivity contribution in [3.63, 3.8) is 0 Å². The summed E-state index contributed by atoms with van der Waals surface area (Å²) < 4.78 is 16.2. The third-order valence-electron chi connectivity index (χ3n) is 3.43. The van der Waals surface area contributed by atoms with E-state index in [1.165, 1.54) is 0 Å². The molecular formula is C16H24N2O3. The first kappa shape index (κ1) is 15.8. The third-order valence-corrected chi connectivity index (χ3v) is 3.43. The molecule has 0 amide bonds. The fourth-order valence-corrected chi connectivity index (χ4v) is 2.18. The van der Waals surface area contributed by atoms with Crippen molar-refractivity contribution in [3.8, 4) is 5.75 Å². The topological polar surface area (TPSA) is 46.9 Å². The molecule has 0 fully saturated rings. The highest BCUT2D eigenvalue weighted by Gasteiger charge is 2.08. The lowest BCUT2D eigenvalue weighted by Crippen LogP contribution is -2.31. The normalized spacial score (nSPS) is 11.4. The monoisotopic (exact) mass is 292 g/mol. The highest BCUT2D eigenvalue weighted by atomic mass is 16.5. The van der Waals surface area contributed by atoms with Crippen LogP contribution in [0.3, 0.4) is 0 Å². The zero-order valence-electron chi connectivity index (χ0n) is 13.0. The molecular weight excluding hydrogens is 268 g/mol. The van der Waals surface area contributed by atoms with Crippen LogP contribution in [0.5, 0.6) is 5.75 Å². The highest BCUT2D eigenvalue weighted by molar-refractivity contribution is 5.83. The molecule has 0 atom stereocenters. The Labute approximate surface area is 125 Å². The summed E-state index contributed by atoms with van der Waals surface area (Å²) in [6, 6.07) is 7.97. The van der Waals surface area contributed by atoms with Gasteiger partial charge >= 0.3 is 0 Å². The van der Waals surface area contributed by atoms with E-state index in [9.17, 15) is 0 Å². The van der Waals surface area contributed by atoms with Gasteiger partial charge in [0.2, 0.25) is 0 Å². The van der Waals surface area contributed by atoms with Crippen LogP contribution in [-0.4, -0.2) is 52.4 Å². The average Bonchev–Trinajstić information content (AvgIpc) is 2.92. The minimum Gasteiger partial charge on any atom is -0.493 e. The number of nitrogens with one attached hydrogen (secondary N) is 1. The second-order valence-corrected chi connectivity index (χ2v) is 5.06. The van der Waals surface area contributed by atoms with Gasteiger partial charge < -0.3 is 24.1 Å². The number of hydrogen-bond donors (Lipinski definition) is 1. The maximum absolute atomic E-state index is 5.84. The van der Waals surface area contributed by atoms with Crippen LogP contribution in [0.15, 0.2) is 28.7 Å². The molecule has 0 spiro atoms. The zero-order chi connectivity index (χ0) is 15.1. The van der Waals surface area contributed by atoms with Crippen molar-refractivity contribution in [1.29, 1.82) is 0 Å². The smallest absolute Gasteiger partial charge is 0.176 e. The lowest BCUT2D eigenvalue weighted by atomic mass is 10.2. The Morgan fingerprint density at radius 1 is 1.24 bits per heavy atom. The summed E-state index contributed by atoms with van der Waals surface area (Å²) in [6.45, 7) is 4.32. The Morgan fingerprint density at radius 2 is 2.10 bits per heavy atom. The SMILES string of the molecule is COCCN(C)CCNCc1cc2cccc(OC)c2o1. The van der Waals surface area contributed by atoms with E-state index in [0.29, 0.717) is 0 Å². The summed E-state index contributed by atoms with van der Waals surface area (Å²) in [7, 11) is 5.47. The standard InChI is InChI=1S/C16H24N2O3/c1-18(9-10-19-2)8-7-17-12-14-11-13-5-4-6-15(20-3)16(13)21-14/h4-6,11,17H,7-10,12H2,1-3H3. The van der Waals surface area contributed by atoms with Gasteiger partial charge in [-0.2, -0.15) is 0 Å². The fourth-order valence-electron chi connectivity index (χ4n) is 2.18. The summed E-state index contributed by atoms with van der Waals surface area (Å²) in [4.78, 5) is 2.23. The van der Waals surface area contributed by atoms with Crippen LogP contribution in [0.25, 0.3) is 11.0 Å². The summed E-state index contributed by atoms with van der Waals surface area (Å²) in [5.41, 5.74) is 0.814. The van der Waals surface area contributed by atoms with E-state index in [1.807, 2.05) is 18.2 Å². The first-order valence-corrected chi connectivity index (χ1v) is 7.18. The molecule has 116 valence electrons. The average molecular weight is 292 g/mol. The zero-order valence-corrected chi connectivity index (χ0v) is 13.0. The van der Waals surface area contributed by atoms with Crippen LogP contribution in [0.2, 0.25) is 0 Å². The lowest BCUT2D eigenvalue weighted by Gasteiger charge is -2.15. The number of nitrogens with zero attached hydrogens (tertiary/aromatic N) is 1. The molecule has 0 radical (unpaired) electrons. The van der Waals surface area contributed by atoms with Crippen LogP contribution in [0.1, 0.15) is 5.76 Å². The summed E-state index contributed by atoms with van der Waals surface area (Å²) >= 11 is 0. The number of para-hydroxylation sites is 1. The Bertz CT molecular complexity index is 553. The number of benzene rings is 1. The molecule has 1 aromatic heterocycles. The number of rotatable bonds is 9. The summed E-state index contributed by atoms with van der Waals surface area (Å²) in [5.74, 6) is 1.70. The lowest BCUT2D eigenvalue weighted by molar-refractivity contribution is 0.161. The van der Waals surface area contributed by atoms with Gasteiger partial charge in [0.1, 0.15) is 5.76 Å². The predicted molar refractivity (Wildman–Crippen MR) is 83.8 cm³/mol. The van der Waals surface area contributed by atoms with Crippen LogP contribution in [0, 0.1) is 0 Å². The van der Waals surface area contributed by atoms with E-state index in [-0.39, 0.29) is 0 Å². The molecule has 0 aliphatic carbocycles. The Morgan fingerprint density at radius 3 is 2.86 bits per heavy atom. The first-order valence-electron chi connectivity index (χ1n) is 7.18. The van der Waals surface area contributed by atoms with E-state index in [2.05, 4.69) is 23.3 Å². The molecule has 0 unspecified atom stereocenters. The molecule has 5 nitrogen and oxygen atoms in total. The highest BCUT2D eigenvalue weighted by Crippen LogP contribution is 2.28. The van der Waals surface area contributed by atoms with E-state index < -0.39 is 0 Å². The first-order chi connectivity index (χ1) is 10.2. The van der Waals surface area contributed by atoms with Crippen molar-refractivity contribution in [2.75, 3.05) is 47.5 Å². The molecule has 1 heterocycles. The summed E-state index contributed by atoms with van der Waals surface area (Å²) in [6.07, 6.45) is 0.